The molecule has 0 fully saturated rings. The van der Waals surface area contributed by atoms with Crippen LogP contribution in [0.15, 0.2) is 78.9 Å². The predicted octanol–water partition coefficient (Wildman–Crippen LogP) is 4.65. The Kier molecular flexibility index (Phi) is 5.07. The molecule has 0 saturated heterocycles. The smallest absolute Gasteiger partial charge is 0.337 e. The van der Waals surface area contributed by atoms with Gasteiger partial charge in [-0.25, -0.2) is 4.79 Å². The fourth-order valence-electron chi connectivity index (χ4n) is 2.87. The topological polar surface area (TPSA) is 26.3 Å². The van der Waals surface area contributed by atoms with Crippen molar-refractivity contribution in [2.75, 3.05) is 7.11 Å². The molecule has 120 valence electrons. The van der Waals surface area contributed by atoms with E-state index in [0.29, 0.717) is 5.56 Å². The molecule has 3 rings (SSSR count). The minimum absolute atomic E-state index is 0.292. The third kappa shape index (κ3) is 4.11. The van der Waals surface area contributed by atoms with Crippen LogP contribution in [0.4, 0.5) is 0 Å². The number of carbonyl (C=O) groups is 1. The van der Waals surface area contributed by atoms with E-state index in [1.807, 2.05) is 48.5 Å². The largest absolute Gasteiger partial charge is 0.465 e. The van der Waals surface area contributed by atoms with Crippen molar-refractivity contribution in [2.45, 2.75) is 12.8 Å². The van der Waals surface area contributed by atoms with Crippen LogP contribution in [0.25, 0.3) is 0 Å². The zero-order chi connectivity index (χ0) is 16.8. The summed E-state index contributed by atoms with van der Waals surface area (Å²) in [6.45, 7) is 0. The highest BCUT2D eigenvalue weighted by Gasteiger charge is 2.10. The summed E-state index contributed by atoms with van der Waals surface area (Å²) in [5, 5.41) is 0. The maximum absolute atomic E-state index is 12.0. The van der Waals surface area contributed by atoms with Crippen LogP contribution in [0, 0.1) is 0 Å². The summed E-state index contributed by atoms with van der Waals surface area (Å²) >= 11 is 0. The summed E-state index contributed by atoms with van der Waals surface area (Å²) in [5.41, 5.74) is 5.30. The molecule has 0 unspecified atom stereocenters. The van der Waals surface area contributed by atoms with Gasteiger partial charge >= 0.3 is 5.97 Å². The third-order valence-electron chi connectivity index (χ3n) is 3.98. The van der Waals surface area contributed by atoms with Crippen LogP contribution in [-0.4, -0.2) is 13.1 Å². The second kappa shape index (κ2) is 7.60. The number of esters is 1. The van der Waals surface area contributed by atoms with Gasteiger partial charge in [0.15, 0.2) is 0 Å². The third-order valence-corrected chi connectivity index (χ3v) is 3.98. The van der Waals surface area contributed by atoms with Crippen LogP contribution in [0.3, 0.4) is 0 Å². The molecule has 0 atom stereocenters. The number of methoxy groups -OCH3 is 1. The van der Waals surface area contributed by atoms with Crippen molar-refractivity contribution in [3.63, 3.8) is 0 Å². The first-order valence-electron chi connectivity index (χ1n) is 8.03. The molecule has 0 spiro atoms. The average Bonchev–Trinajstić information content (AvgIpc) is 2.62. The van der Waals surface area contributed by atoms with Crippen LogP contribution < -0.4 is 0 Å². The highest BCUT2D eigenvalue weighted by molar-refractivity contribution is 5.89. The molecule has 0 radical (unpaired) electrons. The quantitative estimate of drug-likeness (QED) is 0.640. The Balaban J connectivity index is 1.92. The lowest BCUT2D eigenvalue weighted by atomic mass is 9.96. The summed E-state index contributed by atoms with van der Waals surface area (Å²) in [4.78, 5) is 12.0. The molecular weight excluding hydrogens is 296 g/mol. The lowest BCUT2D eigenvalue weighted by Gasteiger charge is -2.10. The molecule has 24 heavy (non-hydrogen) atoms. The van der Waals surface area contributed by atoms with E-state index >= 15 is 0 Å². The van der Waals surface area contributed by atoms with E-state index in [2.05, 4.69) is 30.3 Å². The fourth-order valence-corrected chi connectivity index (χ4v) is 2.87. The van der Waals surface area contributed by atoms with Gasteiger partial charge < -0.3 is 4.74 Å². The zero-order valence-corrected chi connectivity index (χ0v) is 13.7. The van der Waals surface area contributed by atoms with Gasteiger partial charge in [0, 0.05) is 0 Å². The van der Waals surface area contributed by atoms with E-state index < -0.39 is 0 Å². The number of benzene rings is 3. The Bertz CT molecular complexity index is 748. The molecule has 3 aromatic rings. The number of rotatable bonds is 5. The summed E-state index contributed by atoms with van der Waals surface area (Å²) in [7, 11) is 1.42. The maximum Gasteiger partial charge on any atom is 0.337 e. The van der Waals surface area contributed by atoms with Crippen LogP contribution in [0.1, 0.15) is 32.6 Å². The molecule has 0 bridgehead atoms. The van der Waals surface area contributed by atoms with E-state index in [1.165, 1.54) is 18.2 Å². The molecule has 0 N–H and O–H groups in total. The molecule has 0 aliphatic carbocycles. The Morgan fingerprint density at radius 1 is 0.708 bits per heavy atom. The van der Waals surface area contributed by atoms with Crippen molar-refractivity contribution in [1.82, 2.24) is 0 Å². The van der Waals surface area contributed by atoms with Gasteiger partial charge in [-0.3, -0.25) is 0 Å². The molecule has 2 heteroatoms. The van der Waals surface area contributed by atoms with E-state index in [0.717, 1.165) is 24.0 Å². The number of carbonyl (C=O) groups excluding carboxylic acids is 1. The first-order chi connectivity index (χ1) is 11.7. The van der Waals surface area contributed by atoms with Gasteiger partial charge in [-0.1, -0.05) is 66.7 Å². The van der Waals surface area contributed by atoms with Gasteiger partial charge in [-0.2, -0.15) is 0 Å². The highest BCUT2D eigenvalue weighted by atomic mass is 16.5. The summed E-state index contributed by atoms with van der Waals surface area (Å²) in [6.07, 6.45) is 1.60. The van der Waals surface area contributed by atoms with Crippen molar-refractivity contribution >= 4 is 5.97 Å². The minimum atomic E-state index is -0.292. The van der Waals surface area contributed by atoms with Gasteiger partial charge in [-0.05, 0) is 47.2 Å². The summed E-state index contributed by atoms with van der Waals surface area (Å²) in [5.74, 6) is -0.292. The Labute approximate surface area is 142 Å². The monoisotopic (exact) mass is 316 g/mol. The van der Waals surface area contributed by atoms with Gasteiger partial charge in [0.1, 0.15) is 0 Å². The first-order valence-corrected chi connectivity index (χ1v) is 8.03. The van der Waals surface area contributed by atoms with Crippen LogP contribution in [0.5, 0.6) is 0 Å². The lowest BCUT2D eigenvalue weighted by molar-refractivity contribution is 0.0600. The molecule has 0 heterocycles. The summed E-state index contributed by atoms with van der Waals surface area (Å²) < 4.78 is 4.91. The lowest BCUT2D eigenvalue weighted by Crippen LogP contribution is -2.04. The molecule has 3 aromatic carbocycles. The van der Waals surface area contributed by atoms with Crippen molar-refractivity contribution in [3.8, 4) is 0 Å². The van der Waals surface area contributed by atoms with Gasteiger partial charge in [0.2, 0.25) is 0 Å². The SMILES string of the molecule is COC(=O)c1cc(Cc2ccccc2)cc(Cc2ccccc2)c1. The molecule has 0 aliphatic heterocycles. The molecule has 0 saturated carbocycles. The Morgan fingerprint density at radius 2 is 1.17 bits per heavy atom. The Morgan fingerprint density at radius 3 is 1.58 bits per heavy atom. The van der Waals surface area contributed by atoms with Crippen LogP contribution in [-0.2, 0) is 17.6 Å². The molecule has 0 aromatic heterocycles. The predicted molar refractivity (Wildman–Crippen MR) is 96.3 cm³/mol. The van der Waals surface area contributed by atoms with E-state index in [4.69, 9.17) is 4.74 Å². The van der Waals surface area contributed by atoms with Crippen molar-refractivity contribution in [2.24, 2.45) is 0 Å². The molecule has 0 amide bonds. The van der Waals surface area contributed by atoms with Crippen molar-refractivity contribution < 1.29 is 9.53 Å². The van der Waals surface area contributed by atoms with Crippen LogP contribution >= 0.6 is 0 Å². The summed E-state index contributed by atoms with van der Waals surface area (Å²) in [6, 6.07) is 26.6. The normalized spacial score (nSPS) is 10.4. The van der Waals surface area contributed by atoms with E-state index in [9.17, 15) is 4.79 Å². The zero-order valence-electron chi connectivity index (χ0n) is 13.7. The average molecular weight is 316 g/mol. The second-order valence-corrected chi connectivity index (χ2v) is 5.85. The van der Waals surface area contributed by atoms with Gasteiger partial charge in [0.05, 0.1) is 12.7 Å². The van der Waals surface area contributed by atoms with E-state index in [-0.39, 0.29) is 5.97 Å². The second-order valence-electron chi connectivity index (χ2n) is 5.85. The maximum atomic E-state index is 12.0. The molecule has 0 aliphatic rings. The number of hydrogen-bond acceptors (Lipinski definition) is 2. The number of hydrogen-bond donors (Lipinski definition) is 0. The number of ether oxygens (including phenoxy) is 1. The Hall–Kier alpha value is -2.87. The van der Waals surface area contributed by atoms with Crippen molar-refractivity contribution in [1.29, 1.82) is 0 Å². The van der Waals surface area contributed by atoms with Gasteiger partial charge in [-0.15, -0.1) is 0 Å². The van der Waals surface area contributed by atoms with E-state index in [1.54, 1.807) is 0 Å². The fraction of sp³-hybridized carbons (Fsp3) is 0.136. The van der Waals surface area contributed by atoms with Gasteiger partial charge in [0.25, 0.3) is 0 Å². The first kappa shape index (κ1) is 16.0. The van der Waals surface area contributed by atoms with Crippen molar-refractivity contribution in [3.05, 3.63) is 107 Å². The molecular formula is C22H20O2. The minimum Gasteiger partial charge on any atom is -0.465 e. The highest BCUT2D eigenvalue weighted by Crippen LogP contribution is 2.18. The molecule has 2 nitrogen and oxygen atoms in total. The van der Waals surface area contributed by atoms with Crippen LogP contribution in [0.2, 0.25) is 0 Å². The standard InChI is InChI=1S/C22H20O2/c1-24-22(23)21-15-19(12-17-8-4-2-5-9-17)14-20(16-21)13-18-10-6-3-7-11-18/h2-11,14-16H,12-13H2,1H3.